The van der Waals surface area contributed by atoms with Crippen LogP contribution in [-0.2, 0) is 21.5 Å². The van der Waals surface area contributed by atoms with Crippen molar-refractivity contribution in [3.8, 4) is 5.82 Å². The molecule has 0 radical (unpaired) electrons. The Morgan fingerprint density at radius 2 is 1.90 bits per heavy atom. The van der Waals surface area contributed by atoms with Crippen molar-refractivity contribution in [2.75, 3.05) is 13.2 Å². The number of amides is 1. The number of halogens is 1. The summed E-state index contributed by atoms with van der Waals surface area (Å²) in [6, 6.07) is 13.5. The van der Waals surface area contributed by atoms with Gasteiger partial charge in [0, 0.05) is 36.7 Å². The molecule has 1 fully saturated rings. The van der Waals surface area contributed by atoms with Gasteiger partial charge in [-0.25, -0.2) is 9.67 Å². The van der Waals surface area contributed by atoms with E-state index >= 15 is 0 Å². The van der Waals surface area contributed by atoms with Crippen molar-refractivity contribution < 1.29 is 9.53 Å². The fourth-order valence-electron chi connectivity index (χ4n) is 3.99. The average Bonchev–Trinajstić information content (AvgIpc) is 3.11. The maximum absolute atomic E-state index is 13.3. The minimum Gasteiger partial charge on any atom is -0.381 e. The van der Waals surface area contributed by atoms with Crippen LogP contribution in [0.25, 0.3) is 5.82 Å². The van der Waals surface area contributed by atoms with Gasteiger partial charge in [-0.2, -0.15) is 5.10 Å². The van der Waals surface area contributed by atoms with Crippen LogP contribution >= 0.6 is 11.6 Å². The SMILES string of the molecule is Cc1cc(C)n(-c2ccc(CNC(=O)C3(c4ccc(Cl)cc4)CCOCC3)cn2)n1. The molecule has 0 bridgehead atoms. The summed E-state index contributed by atoms with van der Waals surface area (Å²) in [6.45, 7) is 5.50. The summed E-state index contributed by atoms with van der Waals surface area (Å²) < 4.78 is 7.34. The number of hydrogen-bond acceptors (Lipinski definition) is 4. The zero-order chi connectivity index (χ0) is 21.1. The highest BCUT2D eigenvalue weighted by atomic mass is 35.5. The predicted molar refractivity (Wildman–Crippen MR) is 116 cm³/mol. The molecule has 3 heterocycles. The molecule has 3 aromatic rings. The second kappa shape index (κ2) is 8.58. The molecule has 156 valence electrons. The van der Waals surface area contributed by atoms with E-state index < -0.39 is 5.41 Å². The quantitative estimate of drug-likeness (QED) is 0.674. The van der Waals surface area contributed by atoms with Crippen molar-refractivity contribution >= 4 is 17.5 Å². The Balaban J connectivity index is 1.48. The van der Waals surface area contributed by atoms with Gasteiger partial charge in [0.15, 0.2) is 5.82 Å². The molecule has 1 saturated heterocycles. The Morgan fingerprint density at radius 3 is 2.50 bits per heavy atom. The number of aromatic nitrogens is 3. The van der Waals surface area contributed by atoms with Crippen molar-refractivity contribution in [3.05, 3.63) is 76.2 Å². The first-order chi connectivity index (χ1) is 14.5. The van der Waals surface area contributed by atoms with Crippen LogP contribution in [0.1, 0.15) is 35.4 Å². The highest BCUT2D eigenvalue weighted by Crippen LogP contribution is 2.35. The summed E-state index contributed by atoms with van der Waals surface area (Å²) in [5, 5.41) is 8.23. The third-order valence-corrected chi connectivity index (χ3v) is 5.92. The molecular formula is C23H25ClN4O2. The number of pyridine rings is 1. The smallest absolute Gasteiger partial charge is 0.231 e. The fraction of sp³-hybridized carbons (Fsp3) is 0.348. The first-order valence-electron chi connectivity index (χ1n) is 10.1. The van der Waals surface area contributed by atoms with Crippen LogP contribution < -0.4 is 5.32 Å². The van der Waals surface area contributed by atoms with Gasteiger partial charge in [0.25, 0.3) is 0 Å². The lowest BCUT2D eigenvalue weighted by atomic mass is 9.73. The molecule has 0 unspecified atom stereocenters. The number of nitrogens with one attached hydrogen (secondary N) is 1. The standard InChI is InChI=1S/C23H25ClN4O2/c1-16-13-17(2)28(27-16)21-8-3-18(14-25-21)15-26-22(29)23(9-11-30-12-10-23)19-4-6-20(24)7-5-19/h3-8,13-14H,9-12,15H2,1-2H3,(H,26,29). The summed E-state index contributed by atoms with van der Waals surface area (Å²) in [4.78, 5) is 17.8. The van der Waals surface area contributed by atoms with Crippen LogP contribution in [0, 0.1) is 13.8 Å². The van der Waals surface area contributed by atoms with E-state index in [1.54, 1.807) is 6.20 Å². The fourth-order valence-corrected chi connectivity index (χ4v) is 4.12. The molecule has 1 aromatic carbocycles. The summed E-state index contributed by atoms with van der Waals surface area (Å²) in [5.41, 5.74) is 3.30. The maximum atomic E-state index is 13.3. The largest absolute Gasteiger partial charge is 0.381 e. The van der Waals surface area contributed by atoms with E-state index in [0.29, 0.717) is 37.6 Å². The number of nitrogens with zero attached hydrogens (tertiary/aromatic N) is 3. The molecule has 1 aliphatic rings. The number of ether oxygens (including phenoxy) is 1. The number of carbonyl (C=O) groups is 1. The Hall–Kier alpha value is -2.70. The van der Waals surface area contributed by atoms with Gasteiger partial charge in [0.1, 0.15) is 0 Å². The van der Waals surface area contributed by atoms with Crippen molar-refractivity contribution in [2.45, 2.75) is 38.6 Å². The minimum absolute atomic E-state index is 0.00995. The zero-order valence-corrected chi connectivity index (χ0v) is 17.9. The molecule has 1 N–H and O–H groups in total. The second-order valence-corrected chi connectivity index (χ2v) is 8.18. The molecular weight excluding hydrogens is 400 g/mol. The lowest BCUT2D eigenvalue weighted by molar-refractivity contribution is -0.130. The number of hydrogen-bond donors (Lipinski definition) is 1. The van der Waals surface area contributed by atoms with E-state index in [9.17, 15) is 4.79 Å². The molecule has 7 heteroatoms. The Morgan fingerprint density at radius 1 is 1.17 bits per heavy atom. The molecule has 30 heavy (non-hydrogen) atoms. The van der Waals surface area contributed by atoms with Gasteiger partial charge >= 0.3 is 0 Å². The van der Waals surface area contributed by atoms with Gasteiger partial charge in [0.2, 0.25) is 5.91 Å². The molecule has 1 aliphatic heterocycles. The van der Waals surface area contributed by atoms with E-state index in [1.165, 1.54) is 0 Å². The highest BCUT2D eigenvalue weighted by molar-refractivity contribution is 6.30. The van der Waals surface area contributed by atoms with Crippen LogP contribution in [-0.4, -0.2) is 33.9 Å². The summed E-state index contributed by atoms with van der Waals surface area (Å²) in [6.07, 6.45) is 3.08. The molecule has 0 aliphatic carbocycles. The van der Waals surface area contributed by atoms with E-state index in [4.69, 9.17) is 16.3 Å². The van der Waals surface area contributed by atoms with Crippen molar-refractivity contribution in [1.29, 1.82) is 0 Å². The van der Waals surface area contributed by atoms with Gasteiger partial charge in [0.05, 0.1) is 11.1 Å². The predicted octanol–water partition coefficient (Wildman–Crippen LogP) is 3.90. The maximum Gasteiger partial charge on any atom is 0.231 e. The first-order valence-corrected chi connectivity index (χ1v) is 10.5. The van der Waals surface area contributed by atoms with Crippen molar-refractivity contribution in [3.63, 3.8) is 0 Å². The number of rotatable bonds is 5. The third kappa shape index (κ3) is 4.11. The molecule has 6 nitrogen and oxygen atoms in total. The summed E-state index contributed by atoms with van der Waals surface area (Å²) in [7, 11) is 0. The first kappa shape index (κ1) is 20.6. The number of carbonyl (C=O) groups excluding carboxylic acids is 1. The molecule has 0 spiro atoms. The van der Waals surface area contributed by atoms with Gasteiger partial charge in [-0.05, 0) is 62.1 Å². The number of benzene rings is 1. The molecule has 0 saturated carbocycles. The zero-order valence-electron chi connectivity index (χ0n) is 17.2. The van der Waals surface area contributed by atoms with Crippen LogP contribution in [0.15, 0.2) is 48.7 Å². The Kier molecular flexibility index (Phi) is 5.88. The van der Waals surface area contributed by atoms with E-state index in [1.807, 2.05) is 61.0 Å². The summed E-state index contributed by atoms with van der Waals surface area (Å²) >= 11 is 6.05. The lowest BCUT2D eigenvalue weighted by Crippen LogP contribution is -2.47. The number of aryl methyl sites for hydroxylation is 2. The minimum atomic E-state index is -0.597. The van der Waals surface area contributed by atoms with Crippen LogP contribution in [0.2, 0.25) is 5.02 Å². The Bertz CT molecular complexity index is 1020. The molecule has 1 amide bonds. The van der Waals surface area contributed by atoms with Crippen molar-refractivity contribution in [2.24, 2.45) is 0 Å². The topological polar surface area (TPSA) is 69.0 Å². The van der Waals surface area contributed by atoms with E-state index in [2.05, 4.69) is 15.4 Å². The van der Waals surface area contributed by atoms with Gasteiger partial charge < -0.3 is 10.1 Å². The van der Waals surface area contributed by atoms with Gasteiger partial charge in [-0.3, -0.25) is 4.79 Å². The third-order valence-electron chi connectivity index (χ3n) is 5.67. The van der Waals surface area contributed by atoms with Crippen LogP contribution in [0.5, 0.6) is 0 Å². The molecule has 0 atom stereocenters. The van der Waals surface area contributed by atoms with Crippen LogP contribution in [0.4, 0.5) is 0 Å². The van der Waals surface area contributed by atoms with E-state index in [-0.39, 0.29) is 5.91 Å². The molecule has 4 rings (SSSR count). The molecule has 2 aromatic heterocycles. The monoisotopic (exact) mass is 424 g/mol. The highest BCUT2D eigenvalue weighted by Gasteiger charge is 2.41. The normalized spacial score (nSPS) is 15.7. The summed E-state index contributed by atoms with van der Waals surface area (Å²) in [5.74, 6) is 0.772. The van der Waals surface area contributed by atoms with Gasteiger partial charge in [-0.1, -0.05) is 29.8 Å². The van der Waals surface area contributed by atoms with Crippen molar-refractivity contribution in [1.82, 2.24) is 20.1 Å². The average molecular weight is 425 g/mol. The lowest BCUT2D eigenvalue weighted by Gasteiger charge is -2.36. The van der Waals surface area contributed by atoms with E-state index in [0.717, 1.165) is 28.3 Å². The van der Waals surface area contributed by atoms with Gasteiger partial charge in [-0.15, -0.1) is 0 Å². The van der Waals surface area contributed by atoms with Crippen LogP contribution in [0.3, 0.4) is 0 Å². The Labute approximate surface area is 181 Å². The second-order valence-electron chi connectivity index (χ2n) is 7.75.